The van der Waals surface area contributed by atoms with Crippen LogP contribution in [0.15, 0.2) is 74.3 Å². The van der Waals surface area contributed by atoms with Crippen LogP contribution < -0.4 is 5.76 Å². The van der Waals surface area contributed by atoms with Gasteiger partial charge in [0.15, 0.2) is 5.58 Å². The van der Waals surface area contributed by atoms with Gasteiger partial charge in [0.1, 0.15) is 0 Å². The van der Waals surface area contributed by atoms with Crippen LogP contribution in [0.3, 0.4) is 0 Å². The van der Waals surface area contributed by atoms with E-state index in [1.54, 1.807) is 30.3 Å². The highest BCUT2D eigenvalue weighted by molar-refractivity contribution is 9.10. The molecule has 0 fully saturated rings. The average Bonchev–Trinajstić information content (AvgIpc) is 2.89. The van der Waals surface area contributed by atoms with Crippen LogP contribution in [0.25, 0.3) is 21.9 Å². The second kappa shape index (κ2) is 5.21. The Morgan fingerprint density at radius 1 is 1.00 bits per heavy atom. The SMILES string of the molecule is O=C(c1cccc2ccccc12)n1c(=O)oc2ccc(Br)cc21. The molecule has 0 radical (unpaired) electrons. The van der Waals surface area contributed by atoms with Gasteiger partial charge in [-0.15, -0.1) is 0 Å². The lowest BCUT2D eigenvalue weighted by atomic mass is 10.0. The molecule has 3 aromatic carbocycles. The molecule has 0 amide bonds. The van der Waals surface area contributed by atoms with Crippen LogP contribution >= 0.6 is 15.9 Å². The van der Waals surface area contributed by atoms with Crippen LogP contribution in [0.5, 0.6) is 0 Å². The van der Waals surface area contributed by atoms with Crippen molar-refractivity contribution < 1.29 is 9.21 Å². The molecule has 0 N–H and O–H groups in total. The molecular weight excluding hydrogens is 358 g/mol. The topological polar surface area (TPSA) is 52.2 Å². The molecule has 0 aliphatic carbocycles. The lowest BCUT2D eigenvalue weighted by molar-refractivity contribution is 0.0958. The maximum atomic E-state index is 13.0. The summed E-state index contributed by atoms with van der Waals surface area (Å²) in [5, 5.41) is 1.75. The van der Waals surface area contributed by atoms with Gasteiger partial charge in [-0.25, -0.2) is 9.36 Å². The minimum atomic E-state index is -0.684. The number of hydrogen-bond donors (Lipinski definition) is 0. The molecule has 0 bridgehead atoms. The van der Waals surface area contributed by atoms with E-state index in [0.29, 0.717) is 16.7 Å². The first-order chi connectivity index (χ1) is 11.1. The Kier molecular flexibility index (Phi) is 3.16. The number of hydrogen-bond acceptors (Lipinski definition) is 3. The zero-order valence-electron chi connectivity index (χ0n) is 11.8. The predicted octanol–water partition coefficient (Wildman–Crippen LogP) is 4.20. The highest BCUT2D eigenvalue weighted by Gasteiger charge is 2.19. The number of carbonyl (C=O) groups excluding carboxylic acids is 1. The van der Waals surface area contributed by atoms with Crippen molar-refractivity contribution in [3.8, 4) is 0 Å². The largest absolute Gasteiger partial charge is 0.427 e. The third-order valence-electron chi connectivity index (χ3n) is 3.76. The summed E-state index contributed by atoms with van der Waals surface area (Å²) in [5.74, 6) is -1.08. The Morgan fingerprint density at radius 2 is 1.78 bits per heavy atom. The van der Waals surface area contributed by atoms with Crippen molar-refractivity contribution in [1.29, 1.82) is 0 Å². The predicted molar refractivity (Wildman–Crippen MR) is 91.9 cm³/mol. The van der Waals surface area contributed by atoms with Gasteiger partial charge >= 0.3 is 5.76 Å². The van der Waals surface area contributed by atoms with E-state index in [4.69, 9.17) is 4.42 Å². The third-order valence-corrected chi connectivity index (χ3v) is 4.26. The van der Waals surface area contributed by atoms with E-state index >= 15 is 0 Å². The quantitative estimate of drug-likeness (QED) is 0.506. The van der Waals surface area contributed by atoms with Crippen molar-refractivity contribution in [1.82, 2.24) is 4.57 Å². The Hall–Kier alpha value is -2.66. The second-order valence-electron chi connectivity index (χ2n) is 5.15. The normalized spacial score (nSPS) is 11.2. The number of halogens is 1. The van der Waals surface area contributed by atoms with E-state index in [2.05, 4.69) is 15.9 Å². The molecule has 0 saturated heterocycles. The Labute approximate surface area is 139 Å². The Bertz CT molecular complexity index is 1120. The van der Waals surface area contributed by atoms with Gasteiger partial charge in [0.05, 0.1) is 5.52 Å². The number of aromatic nitrogens is 1. The molecule has 5 heteroatoms. The number of nitrogens with zero attached hydrogens (tertiary/aromatic N) is 1. The summed E-state index contributed by atoms with van der Waals surface area (Å²) in [6, 6.07) is 18.1. The van der Waals surface area contributed by atoms with E-state index in [-0.39, 0.29) is 0 Å². The van der Waals surface area contributed by atoms with E-state index in [1.165, 1.54) is 0 Å². The van der Waals surface area contributed by atoms with Crippen molar-refractivity contribution in [3.63, 3.8) is 0 Å². The minimum absolute atomic E-state index is 0.381. The van der Waals surface area contributed by atoms with Crippen LogP contribution in [0.1, 0.15) is 10.4 Å². The smallest absolute Gasteiger partial charge is 0.407 e. The number of carbonyl (C=O) groups is 1. The average molecular weight is 368 g/mol. The van der Waals surface area contributed by atoms with Gasteiger partial charge in [0.25, 0.3) is 5.91 Å². The lowest BCUT2D eigenvalue weighted by Gasteiger charge is -2.06. The summed E-state index contributed by atoms with van der Waals surface area (Å²) in [6.45, 7) is 0. The van der Waals surface area contributed by atoms with E-state index < -0.39 is 11.7 Å². The molecule has 0 spiro atoms. The first kappa shape index (κ1) is 14.0. The maximum absolute atomic E-state index is 13.0. The molecule has 0 unspecified atom stereocenters. The molecule has 0 aliphatic heterocycles. The van der Waals surface area contributed by atoms with Gasteiger partial charge in [0, 0.05) is 10.0 Å². The molecule has 0 aliphatic rings. The summed E-state index contributed by atoms with van der Waals surface area (Å²) in [7, 11) is 0. The Balaban J connectivity index is 2.01. The molecule has 1 heterocycles. The molecule has 112 valence electrons. The van der Waals surface area contributed by atoms with Gasteiger partial charge in [-0.2, -0.15) is 0 Å². The minimum Gasteiger partial charge on any atom is -0.407 e. The van der Waals surface area contributed by atoms with Crippen LogP contribution in [0.4, 0.5) is 0 Å². The molecule has 4 rings (SSSR count). The zero-order chi connectivity index (χ0) is 16.0. The van der Waals surface area contributed by atoms with Gasteiger partial charge < -0.3 is 4.42 Å². The second-order valence-corrected chi connectivity index (χ2v) is 6.06. The maximum Gasteiger partial charge on any atom is 0.427 e. The first-order valence-electron chi connectivity index (χ1n) is 6.99. The monoisotopic (exact) mass is 367 g/mol. The summed E-state index contributed by atoms with van der Waals surface area (Å²) in [4.78, 5) is 25.1. The summed E-state index contributed by atoms with van der Waals surface area (Å²) >= 11 is 3.35. The Morgan fingerprint density at radius 3 is 2.65 bits per heavy atom. The molecule has 4 aromatic rings. The standard InChI is InChI=1S/C18H10BrNO3/c19-12-8-9-16-15(10-12)20(18(22)23-16)17(21)14-7-3-5-11-4-1-2-6-13(11)14/h1-10H. The lowest BCUT2D eigenvalue weighted by Crippen LogP contribution is -2.23. The summed E-state index contributed by atoms with van der Waals surface area (Å²) < 4.78 is 7.01. The van der Waals surface area contributed by atoms with Crippen LogP contribution in [0.2, 0.25) is 0 Å². The molecule has 0 atom stereocenters. The first-order valence-corrected chi connectivity index (χ1v) is 7.78. The molecular formula is C18H10BrNO3. The molecule has 4 nitrogen and oxygen atoms in total. The van der Waals surface area contributed by atoms with Crippen molar-refractivity contribution in [3.05, 3.63) is 81.3 Å². The van der Waals surface area contributed by atoms with Crippen LogP contribution in [0, 0.1) is 0 Å². The highest BCUT2D eigenvalue weighted by Crippen LogP contribution is 2.23. The number of benzene rings is 3. The third kappa shape index (κ3) is 2.21. The fourth-order valence-corrected chi connectivity index (χ4v) is 3.06. The van der Waals surface area contributed by atoms with Crippen molar-refractivity contribution in [2.75, 3.05) is 0 Å². The van der Waals surface area contributed by atoms with E-state index in [0.717, 1.165) is 19.8 Å². The summed E-state index contributed by atoms with van der Waals surface area (Å²) in [5.41, 5.74) is 1.29. The van der Waals surface area contributed by atoms with Crippen LogP contribution in [-0.2, 0) is 0 Å². The van der Waals surface area contributed by atoms with Gasteiger partial charge in [0.2, 0.25) is 0 Å². The van der Waals surface area contributed by atoms with Gasteiger partial charge in [-0.3, -0.25) is 4.79 Å². The fraction of sp³-hybridized carbons (Fsp3) is 0. The number of rotatable bonds is 1. The number of oxazole rings is 1. The van der Waals surface area contributed by atoms with Crippen molar-refractivity contribution >= 4 is 43.7 Å². The van der Waals surface area contributed by atoms with Crippen LogP contribution in [-0.4, -0.2) is 10.5 Å². The van der Waals surface area contributed by atoms with E-state index in [1.807, 2.05) is 30.3 Å². The van der Waals surface area contributed by atoms with Crippen molar-refractivity contribution in [2.24, 2.45) is 0 Å². The molecule has 0 saturated carbocycles. The number of fused-ring (bicyclic) bond motifs is 2. The zero-order valence-corrected chi connectivity index (χ0v) is 13.4. The van der Waals surface area contributed by atoms with Gasteiger partial charge in [-0.05, 0) is 35.0 Å². The van der Waals surface area contributed by atoms with Crippen molar-refractivity contribution in [2.45, 2.75) is 0 Å². The highest BCUT2D eigenvalue weighted by atomic mass is 79.9. The molecule has 23 heavy (non-hydrogen) atoms. The fourth-order valence-electron chi connectivity index (χ4n) is 2.71. The van der Waals surface area contributed by atoms with E-state index in [9.17, 15) is 9.59 Å². The van der Waals surface area contributed by atoms with Gasteiger partial charge in [-0.1, -0.05) is 52.3 Å². The summed E-state index contributed by atoms with van der Waals surface area (Å²) in [6.07, 6.45) is 0. The molecule has 1 aromatic heterocycles.